The van der Waals surface area contributed by atoms with Crippen molar-refractivity contribution < 1.29 is 49.5 Å². The van der Waals surface area contributed by atoms with Crippen LogP contribution in [-0.4, -0.2) is 31.2 Å². The molecule has 0 aliphatic heterocycles. The molecule has 0 aliphatic rings. The normalized spacial score (nSPS) is 13.1. The predicted octanol–water partition coefficient (Wildman–Crippen LogP) is 12.8. The third-order valence-electron chi connectivity index (χ3n) is 13.3. The maximum absolute atomic E-state index is 15.5. The molecule has 9 aromatic rings. The summed E-state index contributed by atoms with van der Waals surface area (Å²) in [5.41, 5.74) is -2.72. The van der Waals surface area contributed by atoms with Gasteiger partial charge in [-0.2, -0.15) is 0 Å². The van der Waals surface area contributed by atoms with Gasteiger partial charge in [0.05, 0.1) is 0 Å². The zero-order chi connectivity index (χ0) is 51.9. The molecule has 0 spiro atoms. The van der Waals surface area contributed by atoms with Crippen molar-refractivity contribution in [3.05, 3.63) is 283 Å². The van der Waals surface area contributed by atoms with Crippen molar-refractivity contribution in [2.75, 3.05) is 12.3 Å². The molecular weight excluding hydrogens is 987 g/mol. The quantitative estimate of drug-likeness (QED) is 0.0371. The minimum atomic E-state index is -5.28. The van der Waals surface area contributed by atoms with Gasteiger partial charge in [-0.15, -0.1) is 0 Å². The predicted molar refractivity (Wildman–Crippen MR) is 287 cm³/mol. The zero-order valence-electron chi connectivity index (χ0n) is 39.5. The number of Topliss-reactive ketones (excluding diaryl/α,β-unsaturated/α-hetero) is 2. The molecule has 0 aliphatic carbocycles. The standard InChI is InChI=1S/C60H47BF6O5P2/c62-59(63,64)48-41-49(60(65,66)67)43-50(42-48)70-61(71-73(51-29-13-3-14-30-51,52-31-15-4-16-32-52,53-33-17-5-18-34-53)44-57(68)46-25-9-1-10-26-46)72-74(54-35-19-6-20-36-54,55-37-21-7-22-38-55,56-39-23-8-24-40-56)45-58(69)47-27-11-2-12-28-47/h1-43H,44-45H2. The number of benzene rings is 9. The van der Waals surface area contributed by atoms with Gasteiger partial charge >= 0.3 is 427 Å². The molecule has 74 heavy (non-hydrogen) atoms. The summed E-state index contributed by atoms with van der Waals surface area (Å²) in [4.78, 5) is 31.1. The third kappa shape index (κ3) is 9.63. The molecule has 9 rings (SSSR count). The number of carbonyl (C=O) groups is 2. The Morgan fingerprint density at radius 1 is 0.351 bits per heavy atom. The Bertz CT molecular complexity index is 2920. The van der Waals surface area contributed by atoms with Crippen LogP contribution in [-0.2, 0) is 21.2 Å². The van der Waals surface area contributed by atoms with Crippen molar-refractivity contribution in [1.29, 1.82) is 0 Å². The Morgan fingerprint density at radius 2 is 0.581 bits per heavy atom. The van der Waals surface area contributed by atoms with Crippen LogP contribution in [0, 0.1) is 0 Å². The van der Waals surface area contributed by atoms with E-state index in [4.69, 9.17) is 13.5 Å². The third-order valence-corrected chi connectivity index (χ3v) is 24.7. The van der Waals surface area contributed by atoms with Crippen molar-refractivity contribution >= 4 is 64.4 Å². The van der Waals surface area contributed by atoms with Crippen LogP contribution in [0.4, 0.5) is 26.3 Å². The van der Waals surface area contributed by atoms with Crippen LogP contribution in [0.2, 0.25) is 0 Å². The molecule has 0 heterocycles. The second-order valence-electron chi connectivity index (χ2n) is 17.7. The van der Waals surface area contributed by atoms with E-state index in [1.165, 1.54) is 0 Å². The van der Waals surface area contributed by atoms with Crippen molar-refractivity contribution in [2.45, 2.75) is 12.4 Å². The number of ketones is 2. The van der Waals surface area contributed by atoms with E-state index in [0.717, 1.165) is 0 Å². The van der Waals surface area contributed by atoms with Crippen LogP contribution in [0.25, 0.3) is 0 Å². The first-order chi connectivity index (χ1) is 35.6. The van der Waals surface area contributed by atoms with E-state index in [2.05, 4.69) is 0 Å². The number of hydrogen-bond acceptors (Lipinski definition) is 5. The molecule has 0 fully saturated rings. The molecule has 5 nitrogen and oxygen atoms in total. The van der Waals surface area contributed by atoms with Crippen LogP contribution in [0.3, 0.4) is 0 Å². The number of carbonyl (C=O) groups excluding carboxylic acids is 2. The monoisotopic (exact) mass is 1030 g/mol. The topological polar surface area (TPSA) is 61.8 Å². The van der Waals surface area contributed by atoms with Crippen molar-refractivity contribution in [3.63, 3.8) is 0 Å². The summed E-state index contributed by atoms with van der Waals surface area (Å²) in [7, 11) is -2.36. The van der Waals surface area contributed by atoms with Crippen LogP contribution >= 0.6 is 13.7 Å². The Labute approximate surface area is 425 Å². The van der Waals surface area contributed by atoms with Gasteiger partial charge < -0.3 is 0 Å². The fourth-order valence-corrected chi connectivity index (χ4v) is 20.9. The summed E-state index contributed by atoms with van der Waals surface area (Å²) in [6.07, 6.45) is -11.5. The molecule has 0 saturated heterocycles. The van der Waals surface area contributed by atoms with E-state index in [1.54, 1.807) is 243 Å². The van der Waals surface area contributed by atoms with Crippen LogP contribution in [0.1, 0.15) is 31.8 Å². The van der Waals surface area contributed by atoms with E-state index in [0.29, 0.717) is 55.1 Å². The summed E-state index contributed by atoms with van der Waals surface area (Å²) in [6.45, 7) is -10.5. The number of hydrogen-bond donors (Lipinski definition) is 0. The number of alkyl halides is 6. The van der Waals surface area contributed by atoms with Gasteiger partial charge in [0.15, 0.2) is 0 Å². The van der Waals surface area contributed by atoms with Gasteiger partial charge in [-0.25, -0.2) is 0 Å². The summed E-state index contributed by atoms with van der Waals surface area (Å²) in [5, 5.41) is 2.65. The van der Waals surface area contributed by atoms with Gasteiger partial charge in [-0.3, -0.25) is 0 Å². The molecule has 0 N–H and O–H groups in total. The first kappa shape index (κ1) is 51.4. The molecule has 9 aromatic carbocycles. The molecule has 0 aromatic heterocycles. The van der Waals surface area contributed by atoms with Crippen molar-refractivity contribution in [2.24, 2.45) is 0 Å². The zero-order valence-corrected chi connectivity index (χ0v) is 41.3. The molecule has 14 heteroatoms. The average Bonchev–Trinajstić information content (AvgIpc) is 3.45. The molecule has 0 radical (unpaired) electrons. The Kier molecular flexibility index (Phi) is 14.5. The van der Waals surface area contributed by atoms with E-state index >= 15 is 9.59 Å². The van der Waals surface area contributed by atoms with Crippen LogP contribution < -0.4 is 36.5 Å². The van der Waals surface area contributed by atoms with Gasteiger partial charge in [0, 0.05) is 0 Å². The maximum atomic E-state index is 15.5. The summed E-state index contributed by atoms with van der Waals surface area (Å²) in [6, 6.07) is 71.1. The van der Waals surface area contributed by atoms with Gasteiger partial charge in [-0.05, 0) is 0 Å². The molecule has 0 bridgehead atoms. The fourth-order valence-electron chi connectivity index (χ4n) is 9.87. The van der Waals surface area contributed by atoms with Gasteiger partial charge in [0.1, 0.15) is 0 Å². The summed E-state index contributed by atoms with van der Waals surface area (Å²) < 4.78 is 112. The van der Waals surface area contributed by atoms with E-state index < -0.39 is 74.1 Å². The summed E-state index contributed by atoms with van der Waals surface area (Å²) >= 11 is 0. The average molecular weight is 1030 g/mol. The minimum absolute atomic E-state index is 0.0104. The first-order valence-electron chi connectivity index (χ1n) is 23.5. The molecule has 372 valence electrons. The van der Waals surface area contributed by atoms with Crippen molar-refractivity contribution in [1.82, 2.24) is 0 Å². The molecule has 0 amide bonds. The summed E-state index contributed by atoms with van der Waals surface area (Å²) in [5.74, 6) is -1.75. The van der Waals surface area contributed by atoms with Gasteiger partial charge in [0.2, 0.25) is 0 Å². The van der Waals surface area contributed by atoms with Gasteiger partial charge in [-0.1, -0.05) is 0 Å². The van der Waals surface area contributed by atoms with E-state index in [9.17, 15) is 26.3 Å². The Balaban J connectivity index is 1.47. The van der Waals surface area contributed by atoms with Crippen molar-refractivity contribution in [3.8, 4) is 5.75 Å². The molecule has 0 atom stereocenters. The van der Waals surface area contributed by atoms with Crippen LogP contribution in [0.15, 0.2) is 261 Å². The fraction of sp³-hybridized carbons (Fsp3) is 0.0667. The molecule has 0 unspecified atom stereocenters. The second-order valence-corrected chi connectivity index (χ2v) is 26.7. The number of rotatable bonds is 18. The second kappa shape index (κ2) is 20.8. The molecular formula is C60H47BF6O5P2. The van der Waals surface area contributed by atoms with Gasteiger partial charge in [0.25, 0.3) is 0 Å². The van der Waals surface area contributed by atoms with E-state index in [1.807, 2.05) is 0 Å². The SMILES string of the molecule is O=C(CP(OB(Oc1cc(C(F)(F)F)cc(C(F)(F)F)c1)OP(CC(=O)c1ccccc1)(c1ccccc1)(c1ccccc1)c1ccccc1)(c1ccccc1)(c1ccccc1)c1ccccc1)c1ccccc1. The first-order valence-corrected chi connectivity index (χ1v) is 28.2. The molecule has 0 saturated carbocycles. The van der Waals surface area contributed by atoms with Crippen LogP contribution in [0.5, 0.6) is 5.75 Å². The Morgan fingerprint density at radius 3 is 0.811 bits per heavy atom. The number of halogens is 6. The van der Waals surface area contributed by atoms with E-state index in [-0.39, 0.29) is 6.07 Å². The Hall–Kier alpha value is -7.46.